The van der Waals surface area contributed by atoms with Crippen molar-refractivity contribution in [1.29, 1.82) is 0 Å². The van der Waals surface area contributed by atoms with Gasteiger partial charge >= 0.3 is 0 Å². The van der Waals surface area contributed by atoms with Crippen LogP contribution in [-0.2, 0) is 0 Å². The number of hydrogen-bond donors (Lipinski definition) is 0. The molecule has 1 fully saturated rings. The lowest BCUT2D eigenvalue weighted by atomic mass is 10.4. The summed E-state index contributed by atoms with van der Waals surface area (Å²) in [6, 6.07) is 0. The van der Waals surface area contributed by atoms with Crippen LogP contribution in [-0.4, -0.2) is 36.5 Å². The van der Waals surface area contributed by atoms with Gasteiger partial charge in [0.05, 0.1) is 32.1 Å². The molecule has 0 aromatic carbocycles. The molecule has 0 amide bonds. The molecule has 0 unspecified atom stereocenters. The Bertz CT molecular complexity index is 97.4. The van der Waals surface area contributed by atoms with Crippen LogP contribution in [0.3, 0.4) is 0 Å². The molecule has 0 aliphatic carbocycles. The van der Waals surface area contributed by atoms with E-state index in [-0.39, 0.29) is 0 Å². The Kier molecular flexibility index (Phi) is 2.99. The molecular weight excluding hydrogens is 146 g/mol. The van der Waals surface area contributed by atoms with Gasteiger partial charge in [0, 0.05) is 12.8 Å². The van der Waals surface area contributed by atoms with Crippen molar-refractivity contribution in [2.45, 2.75) is 19.8 Å². The Hall–Kier alpha value is 0.250. The zero-order chi connectivity index (χ0) is 7.45. The van der Waals surface area contributed by atoms with Crippen molar-refractivity contribution in [3.8, 4) is 0 Å². The third-order valence-corrected chi connectivity index (χ3v) is 2.91. The lowest BCUT2D eigenvalue weighted by Gasteiger charge is -2.32. The van der Waals surface area contributed by atoms with Crippen LogP contribution in [0.4, 0.5) is 0 Å². The largest absolute Gasteiger partial charge is 0.323 e. The first-order chi connectivity index (χ1) is 4.83. The van der Waals surface area contributed by atoms with Crippen molar-refractivity contribution in [2.75, 3.05) is 32.1 Å². The minimum atomic E-state index is 0.827. The standard InChI is InChI=1S/C8H17ClN/c1-2-10(8-5-9)6-3-4-7-10/h2-8H2,1H3/q+1. The topological polar surface area (TPSA) is 0 Å². The minimum Gasteiger partial charge on any atom is -0.323 e. The Morgan fingerprint density at radius 1 is 1.30 bits per heavy atom. The number of rotatable bonds is 3. The Morgan fingerprint density at radius 2 is 1.90 bits per heavy atom. The second-order valence-electron chi connectivity index (χ2n) is 3.22. The predicted octanol–water partition coefficient (Wildman–Crippen LogP) is 1.86. The molecule has 0 saturated carbocycles. The summed E-state index contributed by atoms with van der Waals surface area (Å²) in [4.78, 5) is 0. The number of hydrogen-bond acceptors (Lipinski definition) is 0. The lowest BCUT2D eigenvalue weighted by Crippen LogP contribution is -2.46. The summed E-state index contributed by atoms with van der Waals surface area (Å²) >= 11 is 5.73. The van der Waals surface area contributed by atoms with Gasteiger partial charge in [0.25, 0.3) is 0 Å². The molecule has 0 atom stereocenters. The molecule has 0 radical (unpaired) electrons. The lowest BCUT2D eigenvalue weighted by molar-refractivity contribution is -0.912. The summed E-state index contributed by atoms with van der Waals surface area (Å²) in [5.41, 5.74) is 0. The first-order valence-electron chi connectivity index (χ1n) is 4.24. The van der Waals surface area contributed by atoms with Crippen molar-refractivity contribution >= 4 is 11.6 Å². The fraction of sp³-hybridized carbons (Fsp3) is 1.00. The molecule has 2 heteroatoms. The van der Waals surface area contributed by atoms with Crippen molar-refractivity contribution in [3.05, 3.63) is 0 Å². The molecule has 0 spiro atoms. The number of halogens is 1. The maximum atomic E-state index is 5.73. The second-order valence-corrected chi connectivity index (χ2v) is 3.60. The molecule has 0 N–H and O–H groups in total. The first-order valence-corrected chi connectivity index (χ1v) is 4.77. The average Bonchev–Trinajstić information content (AvgIpc) is 2.39. The second kappa shape index (κ2) is 3.59. The summed E-state index contributed by atoms with van der Waals surface area (Å²) in [6.45, 7) is 7.45. The number of quaternary nitrogens is 1. The smallest absolute Gasteiger partial charge is 0.0924 e. The van der Waals surface area contributed by atoms with E-state index >= 15 is 0 Å². The van der Waals surface area contributed by atoms with E-state index in [2.05, 4.69) is 6.92 Å². The molecule has 1 saturated heterocycles. The molecule has 0 bridgehead atoms. The monoisotopic (exact) mass is 162 g/mol. The van der Waals surface area contributed by atoms with Gasteiger partial charge in [-0.15, -0.1) is 11.6 Å². The third-order valence-electron chi connectivity index (χ3n) is 2.74. The Balaban J connectivity index is 2.41. The molecule has 1 aliphatic heterocycles. The van der Waals surface area contributed by atoms with E-state index in [1.165, 1.54) is 43.5 Å². The van der Waals surface area contributed by atoms with Crippen molar-refractivity contribution in [3.63, 3.8) is 0 Å². The van der Waals surface area contributed by atoms with Gasteiger partial charge in [-0.1, -0.05) is 0 Å². The number of nitrogens with zero attached hydrogens (tertiary/aromatic N) is 1. The SMILES string of the molecule is CC[N+]1(CCCl)CCCC1. The number of alkyl halides is 1. The van der Waals surface area contributed by atoms with E-state index < -0.39 is 0 Å². The highest BCUT2D eigenvalue weighted by Gasteiger charge is 2.28. The van der Waals surface area contributed by atoms with Gasteiger partial charge in [-0.2, -0.15) is 0 Å². The van der Waals surface area contributed by atoms with Crippen LogP contribution in [0.2, 0.25) is 0 Å². The first kappa shape index (κ1) is 8.35. The molecule has 1 rings (SSSR count). The molecule has 0 aromatic rings. The van der Waals surface area contributed by atoms with Gasteiger partial charge < -0.3 is 4.48 Å². The Labute approximate surface area is 68.6 Å². The normalized spacial score (nSPS) is 23.4. The third kappa shape index (κ3) is 1.64. The van der Waals surface area contributed by atoms with Gasteiger partial charge in [0.2, 0.25) is 0 Å². The van der Waals surface area contributed by atoms with Gasteiger partial charge in [0.1, 0.15) is 0 Å². The summed E-state index contributed by atoms with van der Waals surface area (Å²) in [5, 5.41) is 0. The van der Waals surface area contributed by atoms with Gasteiger partial charge in [-0.25, -0.2) is 0 Å². The Morgan fingerprint density at radius 3 is 2.30 bits per heavy atom. The number of likely N-dealkylation sites (tertiary alicyclic amines) is 1. The highest BCUT2D eigenvalue weighted by atomic mass is 35.5. The molecule has 1 aliphatic rings. The molecule has 1 heterocycles. The highest BCUT2D eigenvalue weighted by molar-refractivity contribution is 6.17. The zero-order valence-corrected chi connectivity index (χ0v) is 7.53. The highest BCUT2D eigenvalue weighted by Crippen LogP contribution is 2.18. The maximum absolute atomic E-state index is 5.73. The maximum Gasteiger partial charge on any atom is 0.0924 e. The summed E-state index contributed by atoms with van der Waals surface area (Å²) in [5.74, 6) is 0.827. The predicted molar refractivity (Wildman–Crippen MR) is 45.4 cm³/mol. The molecule has 0 aromatic heterocycles. The van der Waals surface area contributed by atoms with E-state index in [9.17, 15) is 0 Å². The van der Waals surface area contributed by atoms with Crippen LogP contribution in [0.1, 0.15) is 19.8 Å². The van der Waals surface area contributed by atoms with E-state index in [4.69, 9.17) is 11.6 Å². The van der Waals surface area contributed by atoms with Crippen molar-refractivity contribution in [2.24, 2.45) is 0 Å². The fourth-order valence-electron chi connectivity index (χ4n) is 1.88. The zero-order valence-electron chi connectivity index (χ0n) is 6.77. The molecule has 60 valence electrons. The van der Waals surface area contributed by atoms with Crippen molar-refractivity contribution < 1.29 is 4.48 Å². The van der Waals surface area contributed by atoms with Gasteiger partial charge in [-0.05, 0) is 6.92 Å². The molecule has 1 nitrogen and oxygen atoms in total. The fourth-order valence-corrected chi connectivity index (χ4v) is 2.24. The summed E-state index contributed by atoms with van der Waals surface area (Å²) in [6.07, 6.45) is 2.81. The van der Waals surface area contributed by atoms with Crippen LogP contribution in [0.15, 0.2) is 0 Å². The minimum absolute atomic E-state index is 0.827. The quantitative estimate of drug-likeness (QED) is 0.439. The van der Waals surface area contributed by atoms with E-state index in [1.54, 1.807) is 0 Å². The van der Waals surface area contributed by atoms with Crippen LogP contribution in [0.5, 0.6) is 0 Å². The summed E-state index contributed by atoms with van der Waals surface area (Å²) in [7, 11) is 0. The van der Waals surface area contributed by atoms with Gasteiger partial charge in [0.15, 0.2) is 0 Å². The van der Waals surface area contributed by atoms with Crippen molar-refractivity contribution in [1.82, 2.24) is 0 Å². The van der Waals surface area contributed by atoms with E-state index in [0.717, 1.165) is 5.88 Å². The molecule has 10 heavy (non-hydrogen) atoms. The van der Waals surface area contributed by atoms with Crippen LogP contribution in [0, 0.1) is 0 Å². The van der Waals surface area contributed by atoms with Crippen LogP contribution >= 0.6 is 11.6 Å². The van der Waals surface area contributed by atoms with Crippen LogP contribution in [0.25, 0.3) is 0 Å². The van der Waals surface area contributed by atoms with Crippen LogP contribution < -0.4 is 0 Å². The summed E-state index contributed by atoms with van der Waals surface area (Å²) < 4.78 is 1.28. The van der Waals surface area contributed by atoms with E-state index in [1.807, 2.05) is 0 Å². The molecular formula is C8H17ClN+. The van der Waals surface area contributed by atoms with Gasteiger partial charge in [-0.3, -0.25) is 0 Å². The van der Waals surface area contributed by atoms with E-state index in [0.29, 0.717) is 0 Å². The average molecular weight is 163 g/mol.